The molecule has 9 heteroatoms. The van der Waals surface area contributed by atoms with Gasteiger partial charge in [0.25, 0.3) is 5.56 Å². The van der Waals surface area contributed by atoms with E-state index in [1.165, 1.54) is 17.0 Å². The molecule has 0 bridgehead atoms. The fourth-order valence-electron chi connectivity index (χ4n) is 2.40. The number of nitrogens with one attached hydrogen (secondary N) is 1. The molecule has 26 heavy (non-hydrogen) atoms. The molecule has 1 N–H and O–H groups in total. The summed E-state index contributed by atoms with van der Waals surface area (Å²) in [5.41, 5.74) is 0.938. The summed E-state index contributed by atoms with van der Waals surface area (Å²) < 4.78 is 17.4. The van der Waals surface area contributed by atoms with Gasteiger partial charge in [-0.05, 0) is 36.8 Å². The van der Waals surface area contributed by atoms with E-state index in [9.17, 15) is 14.0 Å². The lowest BCUT2D eigenvalue weighted by molar-refractivity contribution is -0.116. The summed E-state index contributed by atoms with van der Waals surface area (Å²) in [7, 11) is 0. The van der Waals surface area contributed by atoms with Gasteiger partial charge in [-0.3, -0.25) is 14.2 Å². The van der Waals surface area contributed by atoms with E-state index >= 15 is 0 Å². The highest BCUT2D eigenvalue weighted by Gasteiger charge is 2.13. The minimum absolute atomic E-state index is 0.233. The van der Waals surface area contributed by atoms with Crippen molar-refractivity contribution in [1.82, 2.24) is 14.1 Å². The lowest BCUT2D eigenvalue weighted by atomic mass is 10.2. The Labute approximate surface area is 157 Å². The fraction of sp³-hybridized carbons (Fsp3) is 0.176. The Kier molecular flexibility index (Phi) is 5.10. The van der Waals surface area contributed by atoms with E-state index in [1.54, 1.807) is 29.7 Å². The van der Waals surface area contributed by atoms with E-state index in [-0.39, 0.29) is 12.1 Å². The number of hydrogen-bond acceptors (Lipinski definition) is 5. The third-order valence-corrected chi connectivity index (χ3v) is 5.15. The summed E-state index contributed by atoms with van der Waals surface area (Å²) in [5, 5.41) is 2.57. The lowest BCUT2D eigenvalue weighted by Gasteiger charge is -2.08. The summed E-state index contributed by atoms with van der Waals surface area (Å²) in [6.45, 7) is 5.51. The van der Waals surface area contributed by atoms with Gasteiger partial charge in [-0.15, -0.1) is 6.58 Å². The molecule has 2 heterocycles. The molecule has 0 aliphatic rings. The van der Waals surface area contributed by atoms with Crippen molar-refractivity contribution in [1.29, 1.82) is 0 Å². The highest BCUT2D eigenvalue weighted by molar-refractivity contribution is 7.73. The van der Waals surface area contributed by atoms with Crippen LogP contribution in [0.5, 0.6) is 0 Å². The second-order valence-electron chi connectivity index (χ2n) is 5.61. The third kappa shape index (κ3) is 3.49. The number of allylic oxidation sites excluding steroid dienone is 1. The maximum Gasteiger partial charge on any atom is 0.273 e. The number of hydrogen-bond donors (Lipinski definition) is 1. The first-order valence-corrected chi connectivity index (χ1v) is 8.89. The van der Waals surface area contributed by atoms with Crippen LogP contribution in [0.2, 0.25) is 0 Å². The summed E-state index contributed by atoms with van der Waals surface area (Å²) in [4.78, 5) is 29.0. The number of amides is 1. The van der Waals surface area contributed by atoms with E-state index in [4.69, 9.17) is 12.2 Å². The van der Waals surface area contributed by atoms with Gasteiger partial charge >= 0.3 is 0 Å². The number of aryl methyl sites for hydroxylation is 1. The standard InChI is InChI=1S/C17H15FN4O2S2/c1-3-6-22-15-14(26-17(22)25)16(24)21(9-19-15)8-13(23)20-11-5-4-10(2)12(18)7-11/h3-5,7,9H,1,6,8H2,2H3,(H,20,23). The van der Waals surface area contributed by atoms with E-state index in [2.05, 4.69) is 16.9 Å². The molecule has 0 unspecified atom stereocenters. The van der Waals surface area contributed by atoms with Crippen LogP contribution in [0.25, 0.3) is 10.3 Å². The Morgan fingerprint density at radius 1 is 1.50 bits per heavy atom. The van der Waals surface area contributed by atoms with Crippen LogP contribution in [0, 0.1) is 16.7 Å². The predicted molar refractivity (Wildman–Crippen MR) is 103 cm³/mol. The Morgan fingerprint density at radius 3 is 2.96 bits per heavy atom. The molecule has 0 aliphatic heterocycles. The van der Waals surface area contributed by atoms with Gasteiger partial charge < -0.3 is 9.88 Å². The van der Waals surface area contributed by atoms with Gasteiger partial charge in [-0.1, -0.05) is 23.5 Å². The Bertz CT molecular complexity index is 1130. The number of nitrogens with zero attached hydrogens (tertiary/aromatic N) is 3. The smallest absolute Gasteiger partial charge is 0.273 e. The van der Waals surface area contributed by atoms with Crippen molar-refractivity contribution < 1.29 is 9.18 Å². The SMILES string of the molecule is C=CCn1c(=S)sc2c(=O)n(CC(=O)Nc3ccc(C)c(F)c3)cnc21. The van der Waals surface area contributed by atoms with Crippen LogP contribution < -0.4 is 10.9 Å². The van der Waals surface area contributed by atoms with E-state index < -0.39 is 11.7 Å². The monoisotopic (exact) mass is 390 g/mol. The number of fused-ring (bicyclic) bond motifs is 1. The van der Waals surface area contributed by atoms with Crippen molar-refractivity contribution in [3.63, 3.8) is 0 Å². The van der Waals surface area contributed by atoms with E-state index in [0.29, 0.717) is 32.1 Å². The van der Waals surface area contributed by atoms with E-state index in [1.807, 2.05) is 0 Å². The average molecular weight is 390 g/mol. The second kappa shape index (κ2) is 7.30. The highest BCUT2D eigenvalue weighted by Crippen LogP contribution is 2.18. The minimum Gasteiger partial charge on any atom is -0.324 e. The highest BCUT2D eigenvalue weighted by atomic mass is 32.1. The summed E-state index contributed by atoms with van der Waals surface area (Å²) >= 11 is 6.40. The zero-order chi connectivity index (χ0) is 18.8. The first kappa shape index (κ1) is 18.2. The van der Waals surface area contributed by atoms with Crippen molar-refractivity contribution in [2.45, 2.75) is 20.0 Å². The second-order valence-corrected chi connectivity index (χ2v) is 7.25. The number of thiazole rings is 1. The topological polar surface area (TPSA) is 68.9 Å². The van der Waals surface area contributed by atoms with Gasteiger partial charge in [0.05, 0.1) is 0 Å². The third-order valence-electron chi connectivity index (χ3n) is 3.72. The molecule has 2 aromatic heterocycles. The molecule has 3 rings (SSSR count). The van der Waals surface area contributed by atoms with Crippen molar-refractivity contribution >= 4 is 45.5 Å². The minimum atomic E-state index is -0.453. The normalized spacial score (nSPS) is 10.8. The van der Waals surface area contributed by atoms with Crippen LogP contribution in [0.1, 0.15) is 5.56 Å². The summed E-state index contributed by atoms with van der Waals surface area (Å²) in [6.07, 6.45) is 2.98. The van der Waals surface area contributed by atoms with Crippen LogP contribution in [0.4, 0.5) is 10.1 Å². The molecule has 0 fully saturated rings. The van der Waals surface area contributed by atoms with Gasteiger partial charge in [0.1, 0.15) is 23.4 Å². The number of benzene rings is 1. The van der Waals surface area contributed by atoms with Crippen molar-refractivity contribution in [2.75, 3.05) is 5.32 Å². The van der Waals surface area contributed by atoms with Gasteiger partial charge in [-0.2, -0.15) is 0 Å². The first-order chi connectivity index (χ1) is 12.4. The molecule has 1 amide bonds. The van der Waals surface area contributed by atoms with Crippen molar-refractivity contribution in [3.05, 3.63) is 62.9 Å². The van der Waals surface area contributed by atoms with Gasteiger partial charge in [0.15, 0.2) is 9.60 Å². The molecule has 6 nitrogen and oxygen atoms in total. The number of rotatable bonds is 5. The van der Waals surface area contributed by atoms with Crippen LogP contribution in [0.3, 0.4) is 0 Å². The van der Waals surface area contributed by atoms with Crippen LogP contribution in [0.15, 0.2) is 42.0 Å². The van der Waals surface area contributed by atoms with Crippen molar-refractivity contribution in [3.8, 4) is 0 Å². The molecule has 3 aromatic rings. The molecule has 0 atom stereocenters. The molecule has 0 saturated heterocycles. The number of halogens is 1. The molecule has 0 saturated carbocycles. The Balaban J connectivity index is 1.86. The first-order valence-electron chi connectivity index (χ1n) is 7.66. The lowest BCUT2D eigenvalue weighted by Crippen LogP contribution is -2.27. The number of carbonyl (C=O) groups is 1. The number of anilines is 1. The Hall–Kier alpha value is -2.65. The quantitative estimate of drug-likeness (QED) is 0.536. The fourth-order valence-corrected chi connectivity index (χ4v) is 3.72. The Morgan fingerprint density at radius 2 is 2.27 bits per heavy atom. The van der Waals surface area contributed by atoms with Crippen LogP contribution in [-0.2, 0) is 17.9 Å². The maximum atomic E-state index is 13.6. The van der Waals surface area contributed by atoms with E-state index in [0.717, 1.165) is 11.3 Å². The van der Waals surface area contributed by atoms with Gasteiger partial charge in [0, 0.05) is 12.2 Å². The van der Waals surface area contributed by atoms with Crippen LogP contribution in [-0.4, -0.2) is 20.0 Å². The molecule has 134 valence electrons. The number of carbonyl (C=O) groups excluding carboxylic acids is 1. The molecular weight excluding hydrogens is 375 g/mol. The predicted octanol–water partition coefficient (Wildman–Crippen LogP) is 3.26. The molecule has 0 aliphatic carbocycles. The average Bonchev–Trinajstić information content (AvgIpc) is 2.91. The van der Waals surface area contributed by atoms with Crippen molar-refractivity contribution in [2.24, 2.45) is 0 Å². The molecule has 0 radical (unpaired) electrons. The largest absolute Gasteiger partial charge is 0.324 e. The summed E-state index contributed by atoms with van der Waals surface area (Å²) in [5.74, 6) is -0.864. The zero-order valence-electron chi connectivity index (χ0n) is 13.9. The molecule has 0 spiro atoms. The maximum absolute atomic E-state index is 13.6. The van der Waals surface area contributed by atoms with Gasteiger partial charge in [0.2, 0.25) is 5.91 Å². The van der Waals surface area contributed by atoms with Gasteiger partial charge in [-0.25, -0.2) is 9.37 Å². The number of aromatic nitrogens is 3. The van der Waals surface area contributed by atoms with Crippen LogP contribution >= 0.6 is 23.6 Å². The molecule has 1 aromatic carbocycles. The zero-order valence-corrected chi connectivity index (χ0v) is 15.5. The molecular formula is C17H15FN4O2S2. The summed E-state index contributed by atoms with van der Waals surface area (Å²) in [6, 6.07) is 4.40.